The van der Waals surface area contributed by atoms with Crippen LogP contribution in [0.1, 0.15) is 37.1 Å². The molecule has 0 radical (unpaired) electrons. The van der Waals surface area contributed by atoms with Gasteiger partial charge in [-0.05, 0) is 37.4 Å². The Morgan fingerprint density at radius 3 is 2.78 bits per heavy atom. The van der Waals surface area contributed by atoms with Crippen LogP contribution >= 0.6 is 0 Å². The van der Waals surface area contributed by atoms with Crippen molar-refractivity contribution in [3.63, 3.8) is 0 Å². The Hall–Kier alpha value is -1.61. The summed E-state index contributed by atoms with van der Waals surface area (Å²) in [7, 11) is 0. The Balaban J connectivity index is 1.82. The van der Waals surface area contributed by atoms with E-state index in [0.717, 1.165) is 18.7 Å². The van der Waals surface area contributed by atoms with Crippen molar-refractivity contribution in [1.82, 2.24) is 15.5 Å². The second kappa shape index (κ2) is 4.94. The normalized spacial score (nSPS) is 19.3. The van der Waals surface area contributed by atoms with E-state index in [-0.39, 0.29) is 0 Å². The van der Waals surface area contributed by atoms with E-state index in [1.54, 1.807) is 0 Å². The maximum Gasteiger partial charge on any atom is 0.0924 e. The summed E-state index contributed by atoms with van der Waals surface area (Å²) in [5.41, 5.74) is 4.81. The standard InChI is InChI=1S/C15H19N3/c1-2-11-5-7-12(8-6-11)14-10-15(18-17-14)13-4-3-9-16-13/h5-8,10,13,16H,2-4,9H2,1H3,(H,17,18). The highest BCUT2D eigenvalue weighted by atomic mass is 15.1. The van der Waals surface area contributed by atoms with Gasteiger partial charge in [-0.2, -0.15) is 5.10 Å². The van der Waals surface area contributed by atoms with Crippen LogP contribution in [-0.2, 0) is 6.42 Å². The number of hydrogen-bond acceptors (Lipinski definition) is 2. The van der Waals surface area contributed by atoms with Gasteiger partial charge in [0.2, 0.25) is 0 Å². The van der Waals surface area contributed by atoms with Crippen molar-refractivity contribution in [3.05, 3.63) is 41.6 Å². The van der Waals surface area contributed by atoms with Crippen LogP contribution in [-0.4, -0.2) is 16.7 Å². The van der Waals surface area contributed by atoms with Crippen LogP contribution in [0.5, 0.6) is 0 Å². The number of nitrogens with zero attached hydrogens (tertiary/aromatic N) is 1. The Kier molecular flexibility index (Phi) is 3.15. The molecule has 1 saturated heterocycles. The van der Waals surface area contributed by atoms with Crippen LogP contribution in [0.2, 0.25) is 0 Å². The Labute approximate surface area is 108 Å². The number of benzene rings is 1. The summed E-state index contributed by atoms with van der Waals surface area (Å²) in [5, 5.41) is 11.1. The first-order chi connectivity index (χ1) is 8.86. The number of aromatic amines is 1. The molecule has 0 amide bonds. The lowest BCUT2D eigenvalue weighted by atomic mass is 10.1. The average molecular weight is 241 g/mol. The highest BCUT2D eigenvalue weighted by Gasteiger charge is 2.18. The first-order valence-electron chi connectivity index (χ1n) is 6.75. The minimum atomic E-state index is 0.459. The Morgan fingerprint density at radius 2 is 2.11 bits per heavy atom. The van der Waals surface area contributed by atoms with Crippen molar-refractivity contribution in [2.45, 2.75) is 32.2 Å². The Morgan fingerprint density at radius 1 is 1.28 bits per heavy atom. The fraction of sp³-hybridized carbons (Fsp3) is 0.400. The first kappa shape index (κ1) is 11.5. The minimum absolute atomic E-state index is 0.459. The molecule has 18 heavy (non-hydrogen) atoms. The van der Waals surface area contributed by atoms with Gasteiger partial charge in [0.05, 0.1) is 11.4 Å². The summed E-state index contributed by atoms with van der Waals surface area (Å²) in [6.07, 6.45) is 3.54. The van der Waals surface area contributed by atoms with Gasteiger partial charge < -0.3 is 5.32 Å². The number of aryl methyl sites for hydroxylation is 1. The molecule has 1 aromatic carbocycles. The summed E-state index contributed by atoms with van der Waals surface area (Å²) >= 11 is 0. The van der Waals surface area contributed by atoms with E-state index in [9.17, 15) is 0 Å². The van der Waals surface area contributed by atoms with E-state index in [0.29, 0.717) is 6.04 Å². The lowest BCUT2D eigenvalue weighted by molar-refractivity contribution is 0.625. The molecule has 3 rings (SSSR count). The molecule has 3 nitrogen and oxygen atoms in total. The molecule has 0 spiro atoms. The topological polar surface area (TPSA) is 40.7 Å². The average Bonchev–Trinajstić information content (AvgIpc) is 3.09. The first-order valence-corrected chi connectivity index (χ1v) is 6.75. The van der Waals surface area contributed by atoms with Crippen molar-refractivity contribution >= 4 is 0 Å². The lowest BCUT2D eigenvalue weighted by Crippen LogP contribution is -2.12. The maximum atomic E-state index is 4.42. The number of aromatic nitrogens is 2. The predicted octanol–water partition coefficient (Wildman–Crippen LogP) is 3.06. The molecule has 3 heteroatoms. The van der Waals surface area contributed by atoms with Gasteiger partial charge in [0.15, 0.2) is 0 Å². The third-order valence-electron chi connectivity index (χ3n) is 3.69. The van der Waals surface area contributed by atoms with Gasteiger partial charge in [-0.15, -0.1) is 0 Å². The number of H-pyrrole nitrogens is 1. The van der Waals surface area contributed by atoms with Gasteiger partial charge in [-0.3, -0.25) is 5.10 Å². The summed E-state index contributed by atoms with van der Waals surface area (Å²) in [4.78, 5) is 0. The molecular weight excluding hydrogens is 222 g/mol. The Bertz CT molecular complexity index is 507. The van der Waals surface area contributed by atoms with E-state index in [1.807, 2.05) is 0 Å². The molecule has 1 aromatic heterocycles. The highest BCUT2D eigenvalue weighted by molar-refractivity contribution is 5.59. The number of hydrogen-bond donors (Lipinski definition) is 2. The van der Waals surface area contributed by atoms with Crippen LogP contribution in [0.15, 0.2) is 30.3 Å². The fourth-order valence-corrected chi connectivity index (χ4v) is 2.52. The lowest BCUT2D eigenvalue weighted by Gasteiger charge is -2.05. The van der Waals surface area contributed by atoms with Crippen LogP contribution in [0.25, 0.3) is 11.3 Å². The summed E-state index contributed by atoms with van der Waals surface area (Å²) in [6, 6.07) is 11.3. The SMILES string of the molecule is CCc1ccc(-c2cc(C3CCCN3)[nH]n2)cc1. The second-order valence-corrected chi connectivity index (χ2v) is 4.91. The second-order valence-electron chi connectivity index (χ2n) is 4.91. The molecular formula is C15H19N3. The van der Waals surface area contributed by atoms with Gasteiger partial charge in [0, 0.05) is 11.6 Å². The van der Waals surface area contributed by atoms with E-state index in [2.05, 4.69) is 52.8 Å². The van der Waals surface area contributed by atoms with Gasteiger partial charge in [-0.25, -0.2) is 0 Å². The molecule has 1 unspecified atom stereocenters. The van der Waals surface area contributed by atoms with E-state index in [1.165, 1.54) is 29.7 Å². The quantitative estimate of drug-likeness (QED) is 0.867. The molecule has 1 fully saturated rings. The van der Waals surface area contributed by atoms with Crippen molar-refractivity contribution < 1.29 is 0 Å². The molecule has 0 aliphatic carbocycles. The van der Waals surface area contributed by atoms with Crippen LogP contribution in [0.3, 0.4) is 0 Å². The molecule has 1 aliphatic rings. The van der Waals surface area contributed by atoms with Crippen molar-refractivity contribution in [2.75, 3.05) is 6.54 Å². The van der Waals surface area contributed by atoms with Gasteiger partial charge in [0.25, 0.3) is 0 Å². The van der Waals surface area contributed by atoms with Crippen molar-refractivity contribution in [2.24, 2.45) is 0 Å². The minimum Gasteiger partial charge on any atom is -0.309 e. The monoisotopic (exact) mass is 241 g/mol. The molecule has 2 heterocycles. The third kappa shape index (κ3) is 2.18. The van der Waals surface area contributed by atoms with Crippen LogP contribution in [0.4, 0.5) is 0 Å². The van der Waals surface area contributed by atoms with Crippen LogP contribution in [0, 0.1) is 0 Å². The maximum absolute atomic E-state index is 4.42. The van der Waals surface area contributed by atoms with E-state index < -0.39 is 0 Å². The molecule has 0 bridgehead atoms. The summed E-state index contributed by atoms with van der Waals surface area (Å²) in [6.45, 7) is 3.29. The zero-order chi connectivity index (χ0) is 12.4. The van der Waals surface area contributed by atoms with Crippen molar-refractivity contribution in [3.8, 4) is 11.3 Å². The fourth-order valence-electron chi connectivity index (χ4n) is 2.52. The summed E-state index contributed by atoms with van der Waals surface area (Å²) in [5.74, 6) is 0. The van der Waals surface area contributed by atoms with E-state index >= 15 is 0 Å². The summed E-state index contributed by atoms with van der Waals surface area (Å²) < 4.78 is 0. The van der Waals surface area contributed by atoms with E-state index in [4.69, 9.17) is 0 Å². The zero-order valence-corrected chi connectivity index (χ0v) is 10.7. The third-order valence-corrected chi connectivity index (χ3v) is 3.69. The van der Waals surface area contributed by atoms with Crippen molar-refractivity contribution in [1.29, 1.82) is 0 Å². The molecule has 94 valence electrons. The molecule has 0 saturated carbocycles. The molecule has 1 atom stereocenters. The van der Waals surface area contributed by atoms with Gasteiger partial charge in [-0.1, -0.05) is 31.2 Å². The van der Waals surface area contributed by atoms with Gasteiger partial charge in [0.1, 0.15) is 0 Å². The van der Waals surface area contributed by atoms with Gasteiger partial charge >= 0.3 is 0 Å². The highest BCUT2D eigenvalue weighted by Crippen LogP contribution is 2.25. The largest absolute Gasteiger partial charge is 0.309 e. The molecule has 1 aliphatic heterocycles. The smallest absolute Gasteiger partial charge is 0.0924 e. The number of rotatable bonds is 3. The van der Waals surface area contributed by atoms with Crippen LogP contribution < -0.4 is 5.32 Å². The zero-order valence-electron chi connectivity index (χ0n) is 10.7. The predicted molar refractivity (Wildman–Crippen MR) is 73.4 cm³/mol. The molecule has 2 N–H and O–H groups in total. The molecule has 2 aromatic rings. The number of nitrogens with one attached hydrogen (secondary N) is 2.